The molecule has 1 aromatic carbocycles. The van der Waals surface area contributed by atoms with Gasteiger partial charge in [0.1, 0.15) is 11.6 Å². The molecule has 6 heteroatoms. The van der Waals surface area contributed by atoms with Gasteiger partial charge in [-0.3, -0.25) is 4.79 Å². The first-order valence-corrected chi connectivity index (χ1v) is 5.60. The fraction of sp³-hybridized carbons (Fsp3) is 0.333. The summed E-state index contributed by atoms with van der Waals surface area (Å²) in [6.07, 6.45) is 0. The summed E-state index contributed by atoms with van der Waals surface area (Å²) in [7, 11) is 0. The lowest BCUT2D eigenvalue weighted by Gasteiger charge is -2.09. The fourth-order valence-electron chi connectivity index (χ4n) is 1.60. The highest BCUT2D eigenvalue weighted by Crippen LogP contribution is 2.16. The molecular formula is C12H15N3O3. The van der Waals surface area contributed by atoms with Crippen LogP contribution in [0.4, 0.5) is 0 Å². The number of amides is 1. The molecule has 0 aliphatic heterocycles. The number of aliphatic hydroxyl groups is 1. The van der Waals surface area contributed by atoms with Gasteiger partial charge < -0.3 is 20.6 Å². The molecule has 1 atom stereocenters. The van der Waals surface area contributed by atoms with Crippen LogP contribution in [0.15, 0.2) is 22.6 Å². The molecule has 0 bridgehead atoms. The van der Waals surface area contributed by atoms with Crippen LogP contribution in [0.5, 0.6) is 0 Å². The maximum atomic E-state index is 11.4. The molecule has 1 aromatic heterocycles. The Morgan fingerprint density at radius 3 is 3.11 bits per heavy atom. The van der Waals surface area contributed by atoms with Gasteiger partial charge in [0.15, 0.2) is 11.5 Å². The van der Waals surface area contributed by atoms with Gasteiger partial charge >= 0.3 is 0 Å². The second-order valence-electron chi connectivity index (χ2n) is 4.04. The smallest absolute Gasteiger partial charge is 0.239 e. The van der Waals surface area contributed by atoms with Gasteiger partial charge in [0.2, 0.25) is 5.91 Å². The lowest BCUT2D eigenvalue weighted by Crippen LogP contribution is -2.42. The van der Waals surface area contributed by atoms with E-state index in [9.17, 15) is 4.79 Å². The number of aromatic nitrogens is 1. The molecule has 2 rings (SSSR count). The van der Waals surface area contributed by atoms with E-state index in [0.29, 0.717) is 18.0 Å². The van der Waals surface area contributed by atoms with Gasteiger partial charge in [-0.15, -0.1) is 0 Å². The predicted molar refractivity (Wildman–Crippen MR) is 65.7 cm³/mol. The quantitative estimate of drug-likeness (QED) is 0.712. The highest BCUT2D eigenvalue weighted by Gasteiger charge is 2.11. The molecule has 96 valence electrons. The SMILES string of the molecule is Cc1nc2ccc(CNC(=O)C(N)CO)cc2o1. The zero-order valence-electron chi connectivity index (χ0n) is 10.0. The van der Waals surface area contributed by atoms with E-state index in [0.717, 1.165) is 11.1 Å². The van der Waals surface area contributed by atoms with Crippen LogP contribution in [0, 0.1) is 6.92 Å². The third-order valence-corrected chi connectivity index (χ3v) is 2.56. The van der Waals surface area contributed by atoms with E-state index in [2.05, 4.69) is 10.3 Å². The average molecular weight is 249 g/mol. The topological polar surface area (TPSA) is 101 Å². The van der Waals surface area contributed by atoms with Gasteiger partial charge in [-0.25, -0.2) is 4.98 Å². The molecule has 1 amide bonds. The van der Waals surface area contributed by atoms with E-state index in [1.54, 1.807) is 6.92 Å². The van der Waals surface area contributed by atoms with Crippen LogP contribution < -0.4 is 11.1 Å². The van der Waals surface area contributed by atoms with Crippen molar-refractivity contribution in [2.75, 3.05) is 6.61 Å². The Bertz CT molecular complexity index is 565. The molecule has 0 saturated carbocycles. The largest absolute Gasteiger partial charge is 0.441 e. The number of hydrogen-bond donors (Lipinski definition) is 3. The number of carbonyl (C=O) groups excluding carboxylic acids is 1. The average Bonchev–Trinajstić information content (AvgIpc) is 2.74. The van der Waals surface area contributed by atoms with Crippen molar-refractivity contribution in [3.8, 4) is 0 Å². The first-order chi connectivity index (χ1) is 8.60. The first kappa shape index (κ1) is 12.5. The van der Waals surface area contributed by atoms with E-state index >= 15 is 0 Å². The zero-order chi connectivity index (χ0) is 13.1. The number of carbonyl (C=O) groups is 1. The summed E-state index contributed by atoms with van der Waals surface area (Å²) >= 11 is 0. The van der Waals surface area contributed by atoms with Crippen LogP contribution in [-0.4, -0.2) is 28.6 Å². The van der Waals surface area contributed by atoms with Gasteiger partial charge in [0, 0.05) is 13.5 Å². The van der Waals surface area contributed by atoms with Crippen molar-refractivity contribution in [2.45, 2.75) is 19.5 Å². The van der Waals surface area contributed by atoms with E-state index in [1.165, 1.54) is 0 Å². The number of benzene rings is 1. The Morgan fingerprint density at radius 2 is 2.39 bits per heavy atom. The maximum absolute atomic E-state index is 11.4. The molecule has 18 heavy (non-hydrogen) atoms. The van der Waals surface area contributed by atoms with Crippen LogP contribution in [0.25, 0.3) is 11.1 Å². The number of aliphatic hydroxyl groups excluding tert-OH is 1. The minimum Gasteiger partial charge on any atom is -0.441 e. The lowest BCUT2D eigenvalue weighted by atomic mass is 10.2. The summed E-state index contributed by atoms with van der Waals surface area (Å²) in [5.74, 6) is 0.222. The van der Waals surface area contributed by atoms with Crippen molar-refractivity contribution < 1.29 is 14.3 Å². The Kier molecular flexibility index (Phi) is 3.59. The summed E-state index contributed by atoms with van der Waals surface area (Å²) in [6, 6.07) is 4.62. The minimum absolute atomic E-state index is 0.336. The summed E-state index contributed by atoms with van der Waals surface area (Å²) in [5.41, 5.74) is 7.74. The van der Waals surface area contributed by atoms with Gasteiger partial charge in [0.25, 0.3) is 0 Å². The Balaban J connectivity index is 2.05. The minimum atomic E-state index is -0.888. The van der Waals surface area contributed by atoms with Crippen LogP contribution >= 0.6 is 0 Å². The summed E-state index contributed by atoms with van der Waals surface area (Å²) in [4.78, 5) is 15.6. The standard InChI is InChI=1S/C12H15N3O3/c1-7-15-10-3-2-8(4-11(10)18-7)5-14-12(17)9(13)6-16/h2-4,9,16H,5-6,13H2,1H3,(H,14,17). The fourth-order valence-corrected chi connectivity index (χ4v) is 1.60. The second-order valence-corrected chi connectivity index (χ2v) is 4.04. The zero-order valence-corrected chi connectivity index (χ0v) is 10.0. The summed E-state index contributed by atoms with van der Waals surface area (Å²) < 4.78 is 5.40. The van der Waals surface area contributed by atoms with E-state index in [-0.39, 0.29) is 12.5 Å². The van der Waals surface area contributed by atoms with Gasteiger partial charge in [0.05, 0.1) is 6.61 Å². The lowest BCUT2D eigenvalue weighted by molar-refractivity contribution is -0.123. The number of nitrogens with one attached hydrogen (secondary N) is 1. The number of rotatable bonds is 4. The van der Waals surface area contributed by atoms with Crippen molar-refractivity contribution in [3.63, 3.8) is 0 Å². The monoisotopic (exact) mass is 249 g/mol. The molecule has 0 fully saturated rings. The highest BCUT2D eigenvalue weighted by molar-refractivity contribution is 5.81. The van der Waals surface area contributed by atoms with E-state index in [1.807, 2.05) is 18.2 Å². The Morgan fingerprint density at radius 1 is 1.61 bits per heavy atom. The first-order valence-electron chi connectivity index (χ1n) is 5.60. The second kappa shape index (κ2) is 5.16. The number of fused-ring (bicyclic) bond motifs is 1. The number of hydrogen-bond acceptors (Lipinski definition) is 5. The number of nitrogens with two attached hydrogens (primary N) is 1. The van der Waals surface area contributed by atoms with Crippen molar-refractivity contribution in [3.05, 3.63) is 29.7 Å². The molecule has 0 spiro atoms. The molecule has 1 unspecified atom stereocenters. The maximum Gasteiger partial charge on any atom is 0.239 e. The molecule has 4 N–H and O–H groups in total. The normalized spacial score (nSPS) is 12.6. The predicted octanol–water partition coefficient (Wildman–Crippen LogP) is 0.0720. The highest BCUT2D eigenvalue weighted by atomic mass is 16.3. The molecule has 1 heterocycles. The van der Waals surface area contributed by atoms with Crippen LogP contribution in [0.3, 0.4) is 0 Å². The third kappa shape index (κ3) is 2.66. The number of nitrogens with zero attached hydrogens (tertiary/aromatic N) is 1. The van der Waals surface area contributed by atoms with Crippen LogP contribution in [0.1, 0.15) is 11.5 Å². The van der Waals surface area contributed by atoms with Crippen LogP contribution in [0.2, 0.25) is 0 Å². The Labute approximate surface area is 104 Å². The van der Waals surface area contributed by atoms with Crippen LogP contribution in [-0.2, 0) is 11.3 Å². The van der Waals surface area contributed by atoms with Crippen molar-refractivity contribution in [1.82, 2.24) is 10.3 Å². The molecule has 2 aromatic rings. The molecule has 0 saturated heterocycles. The number of aryl methyl sites for hydroxylation is 1. The number of oxazole rings is 1. The van der Waals surface area contributed by atoms with Gasteiger partial charge in [-0.2, -0.15) is 0 Å². The van der Waals surface area contributed by atoms with Crippen molar-refractivity contribution >= 4 is 17.0 Å². The van der Waals surface area contributed by atoms with E-state index in [4.69, 9.17) is 15.3 Å². The Hall–Kier alpha value is -1.92. The van der Waals surface area contributed by atoms with Gasteiger partial charge in [-0.05, 0) is 17.7 Å². The summed E-state index contributed by atoms with van der Waals surface area (Å²) in [6.45, 7) is 1.75. The van der Waals surface area contributed by atoms with Gasteiger partial charge in [-0.1, -0.05) is 6.07 Å². The van der Waals surface area contributed by atoms with E-state index < -0.39 is 6.04 Å². The molecule has 6 nitrogen and oxygen atoms in total. The molecule has 0 aliphatic rings. The van der Waals surface area contributed by atoms with Crippen molar-refractivity contribution in [1.29, 1.82) is 0 Å². The molecule has 0 radical (unpaired) electrons. The third-order valence-electron chi connectivity index (χ3n) is 2.56. The molecule has 0 aliphatic carbocycles. The van der Waals surface area contributed by atoms with Crippen molar-refractivity contribution in [2.24, 2.45) is 5.73 Å². The summed E-state index contributed by atoms with van der Waals surface area (Å²) in [5, 5.41) is 11.4. The molecular weight excluding hydrogens is 234 g/mol.